The molecule has 0 aliphatic carbocycles. The Kier molecular flexibility index (Phi) is 6.48. The summed E-state index contributed by atoms with van der Waals surface area (Å²) in [6.07, 6.45) is 3.31. The Morgan fingerprint density at radius 2 is 1.91 bits per heavy atom. The van der Waals surface area contributed by atoms with Gasteiger partial charge in [-0.2, -0.15) is 0 Å². The van der Waals surface area contributed by atoms with E-state index in [2.05, 4.69) is 14.9 Å². The van der Waals surface area contributed by atoms with Crippen molar-refractivity contribution in [3.05, 3.63) is 71.3 Å². The van der Waals surface area contributed by atoms with Gasteiger partial charge < -0.3 is 9.47 Å². The van der Waals surface area contributed by atoms with Crippen LogP contribution in [0.25, 0.3) is 0 Å². The van der Waals surface area contributed by atoms with Crippen LogP contribution in [0.4, 0.5) is 5.69 Å². The predicted molar refractivity (Wildman–Crippen MR) is 122 cm³/mol. The molecule has 0 atom stereocenters. The zero-order valence-electron chi connectivity index (χ0n) is 17.6. The van der Waals surface area contributed by atoms with Crippen molar-refractivity contribution in [3.8, 4) is 0 Å². The van der Waals surface area contributed by atoms with Gasteiger partial charge in [-0.15, -0.1) is 10.2 Å². The summed E-state index contributed by atoms with van der Waals surface area (Å²) >= 11 is 6.07. The quantitative estimate of drug-likeness (QED) is 0.587. The average Bonchev–Trinajstić information content (AvgIpc) is 3.29. The second kappa shape index (κ2) is 9.30. The molecule has 1 aliphatic heterocycles. The molecule has 0 spiro atoms. The number of hydrogen-bond acceptors (Lipinski definition) is 5. The average molecular weight is 474 g/mol. The predicted octanol–water partition coefficient (Wildman–Crippen LogP) is 3.77. The number of nitrogens with one attached hydrogen (secondary N) is 1. The smallest absolute Gasteiger partial charge is 0.261 e. The summed E-state index contributed by atoms with van der Waals surface area (Å²) in [7, 11) is -3.89. The summed E-state index contributed by atoms with van der Waals surface area (Å²) in [5, 5.41) is 8.54. The number of piperidine rings is 1. The van der Waals surface area contributed by atoms with Crippen LogP contribution in [0, 0.1) is 0 Å². The molecule has 3 aromatic rings. The topological polar surface area (TPSA) is 97.2 Å². The SMILES string of the molecule is CCn1cnnc1C1CCN(C(=O)c2cccc(S(=O)(=O)Nc3ccccc3Cl)c2)CC1. The zero-order valence-corrected chi connectivity index (χ0v) is 19.2. The Morgan fingerprint density at radius 1 is 1.16 bits per heavy atom. The Balaban J connectivity index is 1.46. The fraction of sp³-hybridized carbons (Fsp3) is 0.318. The zero-order chi connectivity index (χ0) is 22.7. The highest BCUT2D eigenvalue weighted by Crippen LogP contribution is 2.28. The molecule has 0 radical (unpaired) electrons. The molecule has 2 aromatic carbocycles. The van der Waals surface area contributed by atoms with Gasteiger partial charge in [0.2, 0.25) is 0 Å². The van der Waals surface area contributed by atoms with Gasteiger partial charge in [-0.05, 0) is 50.1 Å². The monoisotopic (exact) mass is 473 g/mol. The van der Waals surface area contributed by atoms with Crippen LogP contribution in [-0.4, -0.2) is 47.1 Å². The van der Waals surface area contributed by atoms with Crippen molar-refractivity contribution in [2.75, 3.05) is 17.8 Å². The van der Waals surface area contributed by atoms with Crippen LogP contribution in [0.2, 0.25) is 5.02 Å². The first kappa shape index (κ1) is 22.3. The van der Waals surface area contributed by atoms with E-state index in [0.29, 0.717) is 23.7 Å². The molecule has 1 aromatic heterocycles. The van der Waals surface area contributed by atoms with Crippen LogP contribution >= 0.6 is 11.6 Å². The van der Waals surface area contributed by atoms with E-state index in [1.807, 2.05) is 11.5 Å². The summed E-state index contributed by atoms with van der Waals surface area (Å²) in [6, 6.07) is 12.7. The maximum absolute atomic E-state index is 13.1. The minimum absolute atomic E-state index is 0.00852. The van der Waals surface area contributed by atoms with Crippen LogP contribution in [0.1, 0.15) is 41.9 Å². The fourth-order valence-electron chi connectivity index (χ4n) is 3.89. The first-order valence-electron chi connectivity index (χ1n) is 10.4. The maximum atomic E-state index is 13.1. The first-order chi connectivity index (χ1) is 15.4. The van der Waals surface area contributed by atoms with Crippen LogP contribution in [0.5, 0.6) is 0 Å². The normalized spacial score (nSPS) is 15.0. The minimum atomic E-state index is -3.89. The molecule has 1 fully saturated rings. The number of hydrogen-bond donors (Lipinski definition) is 1. The van der Waals surface area contributed by atoms with Gasteiger partial charge in [0.05, 0.1) is 15.6 Å². The number of amides is 1. The number of aryl methyl sites for hydroxylation is 1. The molecular weight excluding hydrogens is 450 g/mol. The van der Waals surface area contributed by atoms with Gasteiger partial charge in [0.15, 0.2) is 0 Å². The van der Waals surface area contributed by atoms with Crippen LogP contribution in [-0.2, 0) is 16.6 Å². The molecule has 0 unspecified atom stereocenters. The third kappa shape index (κ3) is 4.63. The Labute approximate surface area is 192 Å². The molecule has 1 amide bonds. The van der Waals surface area contributed by atoms with Gasteiger partial charge in [0.25, 0.3) is 15.9 Å². The van der Waals surface area contributed by atoms with E-state index in [0.717, 1.165) is 25.2 Å². The maximum Gasteiger partial charge on any atom is 0.261 e. The summed E-state index contributed by atoms with van der Waals surface area (Å²) in [4.78, 5) is 14.8. The van der Waals surface area contributed by atoms with E-state index in [1.165, 1.54) is 12.1 Å². The second-order valence-corrected chi connectivity index (χ2v) is 9.74. The Bertz CT molecular complexity index is 1220. The van der Waals surface area contributed by atoms with Crippen LogP contribution in [0.15, 0.2) is 59.8 Å². The number of likely N-dealkylation sites (tertiary alicyclic amines) is 1. The van der Waals surface area contributed by atoms with E-state index < -0.39 is 10.0 Å². The number of benzene rings is 2. The minimum Gasteiger partial charge on any atom is -0.339 e. The molecule has 2 heterocycles. The molecule has 32 heavy (non-hydrogen) atoms. The van der Waals surface area contributed by atoms with E-state index in [9.17, 15) is 13.2 Å². The van der Waals surface area contributed by atoms with Crippen LogP contribution in [0.3, 0.4) is 0 Å². The lowest BCUT2D eigenvalue weighted by molar-refractivity contribution is 0.0710. The van der Waals surface area contributed by atoms with Crippen molar-refractivity contribution < 1.29 is 13.2 Å². The summed E-state index contributed by atoms with van der Waals surface area (Å²) in [5.74, 6) is 1.03. The van der Waals surface area contributed by atoms with Crippen molar-refractivity contribution in [3.63, 3.8) is 0 Å². The number of anilines is 1. The Hall–Kier alpha value is -2.91. The first-order valence-corrected chi connectivity index (χ1v) is 12.3. The third-order valence-corrected chi connectivity index (χ3v) is 7.34. The largest absolute Gasteiger partial charge is 0.339 e. The van der Waals surface area contributed by atoms with Crippen molar-refractivity contribution in [2.45, 2.75) is 37.1 Å². The molecular formula is C22H24ClN5O3S. The molecule has 0 saturated carbocycles. The highest BCUT2D eigenvalue weighted by atomic mass is 35.5. The van der Waals surface area contributed by atoms with Gasteiger partial charge in [0, 0.05) is 31.1 Å². The van der Waals surface area contributed by atoms with Gasteiger partial charge in [-0.25, -0.2) is 8.42 Å². The molecule has 1 aliphatic rings. The molecule has 8 nitrogen and oxygen atoms in total. The lowest BCUT2D eigenvalue weighted by atomic mass is 9.95. The summed E-state index contributed by atoms with van der Waals surface area (Å²) < 4.78 is 30.2. The number of rotatable bonds is 6. The number of carbonyl (C=O) groups excluding carboxylic acids is 1. The molecule has 0 bridgehead atoms. The highest BCUT2D eigenvalue weighted by Gasteiger charge is 2.28. The summed E-state index contributed by atoms with van der Waals surface area (Å²) in [5.41, 5.74) is 0.620. The number of para-hydroxylation sites is 1. The number of nitrogens with zero attached hydrogens (tertiary/aromatic N) is 4. The third-order valence-electron chi connectivity index (χ3n) is 5.64. The number of aromatic nitrogens is 3. The fourth-order valence-corrected chi connectivity index (χ4v) is 5.26. The molecule has 4 rings (SSSR count). The van der Waals surface area contributed by atoms with Gasteiger partial charge in [0.1, 0.15) is 12.2 Å². The van der Waals surface area contributed by atoms with E-state index in [1.54, 1.807) is 47.6 Å². The molecule has 1 saturated heterocycles. The molecule has 10 heteroatoms. The van der Waals surface area contributed by atoms with Crippen molar-refractivity contribution in [1.29, 1.82) is 0 Å². The Morgan fingerprint density at radius 3 is 2.62 bits per heavy atom. The molecule has 1 N–H and O–H groups in total. The van der Waals surface area contributed by atoms with Crippen molar-refractivity contribution >= 4 is 33.2 Å². The van der Waals surface area contributed by atoms with E-state index >= 15 is 0 Å². The lowest BCUT2D eigenvalue weighted by Crippen LogP contribution is -2.38. The van der Waals surface area contributed by atoms with Gasteiger partial charge >= 0.3 is 0 Å². The lowest BCUT2D eigenvalue weighted by Gasteiger charge is -2.31. The number of halogens is 1. The van der Waals surface area contributed by atoms with Crippen LogP contribution < -0.4 is 4.72 Å². The highest BCUT2D eigenvalue weighted by molar-refractivity contribution is 7.92. The van der Waals surface area contributed by atoms with E-state index in [-0.39, 0.29) is 22.4 Å². The standard InChI is InChI=1S/C22H24ClN5O3S/c1-2-27-15-24-25-21(27)16-10-12-28(13-11-16)22(29)17-6-5-7-18(14-17)32(30,31)26-20-9-4-3-8-19(20)23/h3-9,14-16,26H,2,10-13H2,1H3. The van der Waals surface area contributed by atoms with Gasteiger partial charge in [-0.3, -0.25) is 9.52 Å². The summed E-state index contributed by atoms with van der Waals surface area (Å²) in [6.45, 7) is 4.02. The molecule has 168 valence electrons. The number of carbonyl (C=O) groups is 1. The van der Waals surface area contributed by atoms with Gasteiger partial charge in [-0.1, -0.05) is 29.8 Å². The number of sulfonamides is 1. The van der Waals surface area contributed by atoms with Crippen molar-refractivity contribution in [1.82, 2.24) is 19.7 Å². The van der Waals surface area contributed by atoms with Crippen molar-refractivity contribution in [2.24, 2.45) is 0 Å². The second-order valence-electron chi connectivity index (χ2n) is 7.65. The van der Waals surface area contributed by atoms with E-state index in [4.69, 9.17) is 11.6 Å².